The molecular formula is C28H40O4Si. The zero-order chi connectivity index (χ0) is 24.6. The second kappa shape index (κ2) is 11.8. The van der Waals surface area contributed by atoms with Gasteiger partial charge in [-0.05, 0) is 29.3 Å². The SMILES string of the molecule is COC(=O)C/C(C)=C/[C@H](C)[C@@H](OC)[C@@H](C)O[Si](c1ccccc1)(c1ccccc1)C(C)(C)C. The first-order chi connectivity index (χ1) is 15.6. The maximum atomic E-state index is 11.7. The molecule has 0 radical (unpaired) electrons. The average Bonchev–Trinajstić information content (AvgIpc) is 2.78. The Morgan fingerprint density at radius 1 is 0.939 bits per heavy atom. The molecule has 0 spiro atoms. The van der Waals surface area contributed by atoms with Gasteiger partial charge in [0.25, 0.3) is 8.32 Å². The number of ether oxygens (including phenoxy) is 2. The summed E-state index contributed by atoms with van der Waals surface area (Å²) in [5.41, 5.74) is 0.967. The van der Waals surface area contributed by atoms with Crippen molar-refractivity contribution in [3.8, 4) is 0 Å². The number of carbonyl (C=O) groups excluding carboxylic acids is 1. The Morgan fingerprint density at radius 2 is 1.42 bits per heavy atom. The predicted octanol–water partition coefficient (Wildman–Crippen LogP) is 5.11. The normalized spacial score (nSPS) is 15.6. The van der Waals surface area contributed by atoms with Crippen LogP contribution in [0.2, 0.25) is 5.04 Å². The van der Waals surface area contributed by atoms with Crippen LogP contribution in [-0.4, -0.2) is 40.7 Å². The van der Waals surface area contributed by atoms with Crippen LogP contribution in [-0.2, 0) is 18.7 Å². The summed E-state index contributed by atoms with van der Waals surface area (Å²) in [6.07, 6.45) is 2.04. The predicted molar refractivity (Wildman–Crippen MR) is 139 cm³/mol. The Labute approximate surface area is 201 Å². The number of benzene rings is 2. The number of methoxy groups -OCH3 is 2. The van der Waals surface area contributed by atoms with E-state index in [2.05, 4.69) is 101 Å². The Hall–Kier alpha value is -2.21. The second-order valence-corrected chi connectivity index (χ2v) is 14.1. The van der Waals surface area contributed by atoms with Gasteiger partial charge < -0.3 is 13.9 Å². The van der Waals surface area contributed by atoms with E-state index in [1.54, 1.807) is 7.11 Å². The number of hydrogen-bond acceptors (Lipinski definition) is 4. The fourth-order valence-electron chi connectivity index (χ4n) is 4.77. The fraction of sp³-hybridized carbons (Fsp3) is 0.464. The van der Waals surface area contributed by atoms with Crippen LogP contribution in [0, 0.1) is 5.92 Å². The first-order valence-electron chi connectivity index (χ1n) is 11.6. The van der Waals surface area contributed by atoms with Crippen molar-refractivity contribution in [2.24, 2.45) is 5.92 Å². The highest BCUT2D eigenvalue weighted by atomic mass is 28.4. The standard InChI is InChI=1S/C28H40O4Si/c1-21(20-26(29)30-7)19-22(2)27(31-8)23(3)32-33(28(4,5)6,24-15-11-9-12-16-24)25-17-13-10-14-18-25/h9-19,22-23,27H,20H2,1-8H3/b21-19+/t22-,23+,27+/m0/s1. The monoisotopic (exact) mass is 468 g/mol. The Bertz CT molecular complexity index is 863. The molecule has 5 heteroatoms. The largest absolute Gasteiger partial charge is 0.469 e. The van der Waals surface area contributed by atoms with E-state index >= 15 is 0 Å². The molecule has 0 bridgehead atoms. The summed E-state index contributed by atoms with van der Waals surface area (Å²) in [4.78, 5) is 11.7. The fourth-order valence-corrected chi connectivity index (χ4v) is 9.48. The summed E-state index contributed by atoms with van der Waals surface area (Å²) < 4.78 is 18.0. The third kappa shape index (κ3) is 6.43. The van der Waals surface area contributed by atoms with E-state index in [0.717, 1.165) is 5.57 Å². The van der Waals surface area contributed by atoms with Crippen LogP contribution >= 0.6 is 0 Å². The molecule has 2 aromatic carbocycles. The molecule has 3 atom stereocenters. The van der Waals surface area contributed by atoms with Gasteiger partial charge in [-0.3, -0.25) is 4.79 Å². The molecule has 0 aliphatic heterocycles. The third-order valence-electron chi connectivity index (χ3n) is 6.23. The number of rotatable bonds is 10. The maximum Gasteiger partial charge on any atom is 0.309 e. The molecule has 0 unspecified atom stereocenters. The quantitative estimate of drug-likeness (QED) is 0.276. The average molecular weight is 469 g/mol. The maximum absolute atomic E-state index is 11.7. The van der Waals surface area contributed by atoms with Crippen molar-refractivity contribution in [3.63, 3.8) is 0 Å². The van der Waals surface area contributed by atoms with Gasteiger partial charge in [-0.1, -0.05) is 100 Å². The van der Waals surface area contributed by atoms with Gasteiger partial charge >= 0.3 is 5.97 Å². The van der Waals surface area contributed by atoms with Gasteiger partial charge in [0, 0.05) is 13.0 Å². The van der Waals surface area contributed by atoms with Crippen molar-refractivity contribution in [2.75, 3.05) is 14.2 Å². The van der Waals surface area contributed by atoms with Crippen LogP contribution in [0.4, 0.5) is 0 Å². The number of hydrogen-bond donors (Lipinski definition) is 0. The van der Waals surface area contributed by atoms with Gasteiger partial charge in [-0.2, -0.15) is 0 Å². The van der Waals surface area contributed by atoms with E-state index in [-0.39, 0.29) is 35.6 Å². The summed E-state index contributed by atoms with van der Waals surface area (Å²) in [6.45, 7) is 13.0. The molecule has 180 valence electrons. The van der Waals surface area contributed by atoms with Crippen molar-refractivity contribution in [1.82, 2.24) is 0 Å². The van der Waals surface area contributed by atoms with Gasteiger partial charge in [-0.25, -0.2) is 0 Å². The van der Waals surface area contributed by atoms with Crippen LogP contribution in [0.15, 0.2) is 72.3 Å². The summed E-state index contributed by atoms with van der Waals surface area (Å²) >= 11 is 0. The lowest BCUT2D eigenvalue weighted by Gasteiger charge is -2.46. The molecule has 0 aromatic heterocycles. The van der Waals surface area contributed by atoms with Gasteiger partial charge in [0.05, 0.1) is 25.7 Å². The molecule has 0 fully saturated rings. The first-order valence-corrected chi connectivity index (χ1v) is 13.5. The van der Waals surface area contributed by atoms with Crippen LogP contribution in [0.1, 0.15) is 48.0 Å². The highest BCUT2D eigenvalue weighted by molar-refractivity contribution is 6.99. The summed E-state index contributed by atoms with van der Waals surface area (Å²) in [5.74, 6) is -0.172. The lowest BCUT2D eigenvalue weighted by atomic mass is 9.97. The van der Waals surface area contributed by atoms with Crippen molar-refractivity contribution < 1.29 is 18.7 Å². The number of carbonyl (C=O) groups is 1. The van der Waals surface area contributed by atoms with E-state index in [1.807, 2.05) is 6.92 Å². The van der Waals surface area contributed by atoms with Crippen molar-refractivity contribution in [3.05, 3.63) is 72.3 Å². The topological polar surface area (TPSA) is 44.8 Å². The molecular weight excluding hydrogens is 428 g/mol. The lowest BCUT2D eigenvalue weighted by Crippen LogP contribution is -2.68. The lowest BCUT2D eigenvalue weighted by molar-refractivity contribution is -0.139. The van der Waals surface area contributed by atoms with Crippen molar-refractivity contribution in [1.29, 1.82) is 0 Å². The molecule has 0 aliphatic rings. The molecule has 0 heterocycles. The molecule has 2 aromatic rings. The first kappa shape index (κ1) is 27.0. The minimum absolute atomic E-state index is 0.0628. The molecule has 2 rings (SSSR count). The van der Waals surface area contributed by atoms with E-state index in [1.165, 1.54) is 17.5 Å². The molecule has 0 saturated heterocycles. The van der Waals surface area contributed by atoms with E-state index < -0.39 is 8.32 Å². The minimum Gasteiger partial charge on any atom is -0.469 e. The summed E-state index contributed by atoms with van der Waals surface area (Å²) in [6, 6.07) is 21.3. The summed E-state index contributed by atoms with van der Waals surface area (Å²) in [7, 11) is 0.461. The molecule has 0 amide bonds. The molecule has 0 N–H and O–H groups in total. The van der Waals surface area contributed by atoms with Crippen LogP contribution in [0.3, 0.4) is 0 Å². The Morgan fingerprint density at radius 3 is 1.82 bits per heavy atom. The molecule has 0 saturated carbocycles. The van der Waals surface area contributed by atoms with Gasteiger partial charge in [0.1, 0.15) is 0 Å². The second-order valence-electron chi connectivity index (χ2n) is 9.81. The molecule has 0 aliphatic carbocycles. The van der Waals surface area contributed by atoms with Crippen molar-refractivity contribution >= 4 is 24.7 Å². The molecule has 4 nitrogen and oxygen atoms in total. The Balaban J connectivity index is 2.49. The zero-order valence-corrected chi connectivity index (χ0v) is 22.4. The highest BCUT2D eigenvalue weighted by Gasteiger charge is 2.51. The Kier molecular flexibility index (Phi) is 9.65. The van der Waals surface area contributed by atoms with Crippen LogP contribution in [0.25, 0.3) is 0 Å². The van der Waals surface area contributed by atoms with Crippen LogP contribution in [0.5, 0.6) is 0 Å². The minimum atomic E-state index is -2.68. The van der Waals surface area contributed by atoms with Gasteiger partial charge in [0.15, 0.2) is 0 Å². The van der Waals surface area contributed by atoms with Gasteiger partial charge in [-0.15, -0.1) is 0 Å². The number of esters is 1. The smallest absolute Gasteiger partial charge is 0.309 e. The summed E-state index contributed by atoms with van der Waals surface area (Å²) in [5, 5.41) is 2.38. The van der Waals surface area contributed by atoms with E-state index in [9.17, 15) is 4.79 Å². The van der Waals surface area contributed by atoms with E-state index in [0.29, 0.717) is 0 Å². The third-order valence-corrected chi connectivity index (χ3v) is 11.4. The highest BCUT2D eigenvalue weighted by Crippen LogP contribution is 2.38. The van der Waals surface area contributed by atoms with Crippen LogP contribution < -0.4 is 10.4 Å². The van der Waals surface area contributed by atoms with Crippen molar-refractivity contribution in [2.45, 2.75) is 65.2 Å². The zero-order valence-electron chi connectivity index (χ0n) is 21.4. The van der Waals surface area contributed by atoms with E-state index in [4.69, 9.17) is 13.9 Å². The molecule has 33 heavy (non-hydrogen) atoms. The van der Waals surface area contributed by atoms with Gasteiger partial charge in [0.2, 0.25) is 0 Å².